The summed E-state index contributed by atoms with van der Waals surface area (Å²) in [7, 11) is -3.93. The van der Waals surface area contributed by atoms with Crippen molar-refractivity contribution in [1.29, 1.82) is 0 Å². The van der Waals surface area contributed by atoms with E-state index in [-0.39, 0.29) is 23.4 Å². The molecule has 3 aromatic rings. The zero-order valence-corrected chi connectivity index (χ0v) is 20.2. The van der Waals surface area contributed by atoms with E-state index >= 15 is 0 Å². The highest BCUT2D eigenvalue weighted by Gasteiger charge is 2.30. The van der Waals surface area contributed by atoms with E-state index in [4.69, 9.17) is 0 Å². The fourth-order valence-corrected chi connectivity index (χ4v) is 5.88. The number of amides is 1. The van der Waals surface area contributed by atoms with Crippen molar-refractivity contribution >= 4 is 21.6 Å². The molecule has 0 heterocycles. The van der Waals surface area contributed by atoms with Gasteiger partial charge in [0.2, 0.25) is 5.91 Å². The van der Waals surface area contributed by atoms with Crippen molar-refractivity contribution in [3.8, 4) is 0 Å². The van der Waals surface area contributed by atoms with Gasteiger partial charge in [0.1, 0.15) is 6.54 Å². The first-order valence-electron chi connectivity index (χ1n) is 11.3. The number of anilines is 1. The first kappa shape index (κ1) is 23.1. The molecule has 5 nitrogen and oxygen atoms in total. The predicted molar refractivity (Wildman–Crippen MR) is 132 cm³/mol. The molecule has 0 spiro atoms. The standard InChI is InChI=1S/C27H30N2O3S/c1-19-12-15-23(16-13-19)33(31,32)29(26-17-20(2)11-14-21(26)3)18-27(30)28-25-10-6-8-22-7-4-5-9-24(22)25/h4-5,7,9,11-17,25H,6,8,10,18H2,1-3H3,(H,28,30). The Balaban J connectivity index is 1.66. The fourth-order valence-electron chi connectivity index (χ4n) is 4.40. The second kappa shape index (κ2) is 9.40. The third-order valence-electron chi connectivity index (χ3n) is 6.23. The predicted octanol–water partition coefficient (Wildman–Crippen LogP) is 5.00. The van der Waals surface area contributed by atoms with E-state index in [9.17, 15) is 13.2 Å². The number of carbonyl (C=O) groups excluding carboxylic acids is 1. The number of nitrogens with one attached hydrogen (secondary N) is 1. The van der Waals surface area contributed by atoms with Crippen molar-refractivity contribution in [2.45, 2.75) is 51.0 Å². The van der Waals surface area contributed by atoms with Crippen LogP contribution in [0.15, 0.2) is 71.6 Å². The zero-order chi connectivity index (χ0) is 23.6. The van der Waals surface area contributed by atoms with Gasteiger partial charge >= 0.3 is 0 Å². The number of nitrogens with zero attached hydrogens (tertiary/aromatic N) is 1. The fraction of sp³-hybridized carbons (Fsp3) is 0.296. The van der Waals surface area contributed by atoms with E-state index in [1.807, 2.05) is 57.2 Å². The van der Waals surface area contributed by atoms with Gasteiger partial charge in [0.25, 0.3) is 10.0 Å². The minimum Gasteiger partial charge on any atom is -0.348 e. The molecule has 33 heavy (non-hydrogen) atoms. The van der Waals surface area contributed by atoms with Gasteiger partial charge in [0.05, 0.1) is 16.6 Å². The van der Waals surface area contributed by atoms with E-state index in [0.29, 0.717) is 5.69 Å². The number of sulfonamides is 1. The summed E-state index contributed by atoms with van der Waals surface area (Å²) in [6, 6.07) is 20.4. The molecule has 0 saturated carbocycles. The molecule has 0 radical (unpaired) electrons. The normalized spacial score (nSPS) is 15.5. The Morgan fingerprint density at radius 3 is 2.42 bits per heavy atom. The highest BCUT2D eigenvalue weighted by molar-refractivity contribution is 7.92. The Kier molecular flexibility index (Phi) is 6.56. The van der Waals surface area contributed by atoms with Crippen molar-refractivity contribution in [3.63, 3.8) is 0 Å². The lowest BCUT2D eigenvalue weighted by Crippen LogP contribution is -2.42. The van der Waals surface area contributed by atoms with Gasteiger partial charge in [-0.15, -0.1) is 0 Å². The molecule has 1 atom stereocenters. The van der Waals surface area contributed by atoms with Crippen LogP contribution in [0.4, 0.5) is 5.69 Å². The molecule has 1 N–H and O–H groups in total. The smallest absolute Gasteiger partial charge is 0.264 e. The summed E-state index contributed by atoms with van der Waals surface area (Å²) in [6.45, 7) is 5.41. The SMILES string of the molecule is Cc1ccc(S(=O)(=O)N(CC(=O)NC2CCCc3ccccc32)c2cc(C)ccc2C)cc1. The average Bonchev–Trinajstić information content (AvgIpc) is 2.80. The number of carbonyl (C=O) groups is 1. The summed E-state index contributed by atoms with van der Waals surface area (Å²) in [4.78, 5) is 13.4. The van der Waals surface area contributed by atoms with Crippen molar-refractivity contribution in [3.05, 3.63) is 94.5 Å². The van der Waals surface area contributed by atoms with Crippen LogP contribution in [0.25, 0.3) is 0 Å². The molecule has 0 fully saturated rings. The molecule has 172 valence electrons. The molecule has 4 rings (SSSR count). The Morgan fingerprint density at radius 2 is 1.67 bits per heavy atom. The van der Waals surface area contributed by atoms with E-state index in [1.54, 1.807) is 24.3 Å². The van der Waals surface area contributed by atoms with Crippen LogP contribution in [-0.2, 0) is 21.2 Å². The van der Waals surface area contributed by atoms with E-state index < -0.39 is 10.0 Å². The maximum absolute atomic E-state index is 13.7. The number of hydrogen-bond acceptors (Lipinski definition) is 3. The molecule has 6 heteroatoms. The van der Waals surface area contributed by atoms with Crippen LogP contribution in [-0.4, -0.2) is 20.9 Å². The first-order chi connectivity index (χ1) is 15.8. The van der Waals surface area contributed by atoms with Gasteiger partial charge in [0, 0.05) is 0 Å². The number of hydrogen-bond donors (Lipinski definition) is 1. The lowest BCUT2D eigenvalue weighted by molar-refractivity contribution is -0.120. The highest BCUT2D eigenvalue weighted by Crippen LogP contribution is 2.31. The molecule has 1 aliphatic carbocycles. The largest absolute Gasteiger partial charge is 0.348 e. The van der Waals surface area contributed by atoms with Gasteiger partial charge in [-0.3, -0.25) is 9.10 Å². The Morgan fingerprint density at radius 1 is 0.970 bits per heavy atom. The van der Waals surface area contributed by atoms with Crippen molar-refractivity contribution in [2.24, 2.45) is 0 Å². The summed E-state index contributed by atoms with van der Waals surface area (Å²) < 4.78 is 28.6. The second-order valence-electron chi connectivity index (χ2n) is 8.83. The van der Waals surface area contributed by atoms with E-state index in [0.717, 1.165) is 41.5 Å². The summed E-state index contributed by atoms with van der Waals surface area (Å²) >= 11 is 0. The van der Waals surface area contributed by atoms with Crippen LogP contribution < -0.4 is 9.62 Å². The number of rotatable bonds is 6. The van der Waals surface area contributed by atoms with Gasteiger partial charge in [-0.2, -0.15) is 0 Å². The summed E-state index contributed by atoms with van der Waals surface area (Å²) in [5, 5.41) is 3.10. The van der Waals surface area contributed by atoms with Crippen LogP contribution in [0.2, 0.25) is 0 Å². The third-order valence-corrected chi connectivity index (χ3v) is 8.01. The van der Waals surface area contributed by atoms with Crippen molar-refractivity contribution < 1.29 is 13.2 Å². The Labute approximate surface area is 196 Å². The van der Waals surface area contributed by atoms with Crippen molar-refractivity contribution in [1.82, 2.24) is 5.32 Å². The number of benzene rings is 3. The van der Waals surface area contributed by atoms with Crippen LogP contribution in [0.1, 0.15) is 46.7 Å². The summed E-state index contributed by atoms with van der Waals surface area (Å²) in [5.74, 6) is -0.312. The molecule has 3 aromatic carbocycles. The molecular formula is C27H30N2O3S. The zero-order valence-electron chi connectivity index (χ0n) is 19.3. The molecule has 0 bridgehead atoms. The molecule has 0 saturated heterocycles. The quantitative estimate of drug-likeness (QED) is 0.561. The van der Waals surface area contributed by atoms with Gasteiger partial charge in [-0.25, -0.2) is 8.42 Å². The lowest BCUT2D eigenvalue weighted by Gasteiger charge is -2.29. The average molecular weight is 463 g/mol. The van der Waals surface area contributed by atoms with Crippen molar-refractivity contribution in [2.75, 3.05) is 10.8 Å². The molecule has 1 amide bonds. The lowest BCUT2D eigenvalue weighted by atomic mass is 9.88. The van der Waals surface area contributed by atoms with E-state index in [2.05, 4.69) is 11.4 Å². The van der Waals surface area contributed by atoms with Gasteiger partial charge in [-0.1, -0.05) is 54.1 Å². The van der Waals surface area contributed by atoms with Gasteiger partial charge < -0.3 is 5.32 Å². The maximum Gasteiger partial charge on any atom is 0.264 e. The minimum absolute atomic E-state index is 0.106. The van der Waals surface area contributed by atoms with Crippen LogP contribution in [0.5, 0.6) is 0 Å². The molecule has 0 aliphatic heterocycles. The topological polar surface area (TPSA) is 66.5 Å². The molecule has 1 aliphatic rings. The Hall–Kier alpha value is -3.12. The highest BCUT2D eigenvalue weighted by atomic mass is 32.2. The first-order valence-corrected chi connectivity index (χ1v) is 12.7. The van der Waals surface area contributed by atoms with Gasteiger partial charge in [0.15, 0.2) is 0 Å². The maximum atomic E-state index is 13.7. The summed E-state index contributed by atoms with van der Waals surface area (Å²) in [5.41, 5.74) is 5.59. The molecule has 0 aromatic heterocycles. The number of aryl methyl sites for hydroxylation is 4. The Bertz CT molecular complexity index is 1270. The van der Waals surface area contributed by atoms with Crippen LogP contribution >= 0.6 is 0 Å². The number of fused-ring (bicyclic) bond motifs is 1. The van der Waals surface area contributed by atoms with Gasteiger partial charge in [-0.05, 0) is 80.5 Å². The van der Waals surface area contributed by atoms with Crippen LogP contribution in [0, 0.1) is 20.8 Å². The third kappa shape index (κ3) is 4.96. The second-order valence-corrected chi connectivity index (χ2v) is 10.7. The van der Waals surface area contributed by atoms with E-state index in [1.165, 1.54) is 9.87 Å². The molecule has 1 unspecified atom stereocenters. The summed E-state index contributed by atoms with van der Waals surface area (Å²) in [6.07, 6.45) is 2.83. The monoisotopic (exact) mass is 462 g/mol. The minimum atomic E-state index is -3.93. The van der Waals surface area contributed by atoms with Crippen LogP contribution in [0.3, 0.4) is 0 Å². The molecular weight excluding hydrogens is 432 g/mol.